The van der Waals surface area contributed by atoms with Gasteiger partial charge in [0, 0.05) is 12.2 Å². The van der Waals surface area contributed by atoms with Crippen molar-refractivity contribution in [2.75, 3.05) is 16.8 Å². The second kappa shape index (κ2) is 7.43. The van der Waals surface area contributed by atoms with Crippen molar-refractivity contribution in [2.24, 2.45) is 0 Å². The molecule has 116 valence electrons. The zero-order chi connectivity index (χ0) is 16.1. The number of nitrogens with one attached hydrogen (secondary N) is 1. The number of aromatic carboxylic acids is 1. The molecule has 0 bridgehead atoms. The van der Waals surface area contributed by atoms with Crippen LogP contribution in [0.25, 0.3) is 0 Å². The van der Waals surface area contributed by atoms with Crippen LogP contribution in [0.5, 0.6) is 0 Å². The molecule has 0 atom stereocenters. The van der Waals surface area contributed by atoms with Crippen molar-refractivity contribution in [3.8, 4) is 0 Å². The van der Waals surface area contributed by atoms with Crippen LogP contribution < -0.4 is 11.1 Å². The second-order valence-corrected chi connectivity index (χ2v) is 6.81. The Morgan fingerprint density at radius 2 is 2.18 bits per heavy atom. The summed E-state index contributed by atoms with van der Waals surface area (Å²) in [4.78, 5) is 22.8. The lowest BCUT2D eigenvalue weighted by Gasteiger charge is -2.07. The summed E-state index contributed by atoms with van der Waals surface area (Å²) < 4.78 is 0.691. The van der Waals surface area contributed by atoms with Crippen LogP contribution in [-0.2, 0) is 4.79 Å². The number of thioether (sulfide) groups is 1. The molecule has 2 aromatic rings. The third kappa shape index (κ3) is 4.58. The lowest BCUT2D eigenvalue weighted by Crippen LogP contribution is -2.13. The lowest BCUT2D eigenvalue weighted by atomic mass is 10.2. The van der Waals surface area contributed by atoms with Crippen molar-refractivity contribution in [1.29, 1.82) is 0 Å². The Bertz CT molecular complexity index is 707. The van der Waals surface area contributed by atoms with E-state index in [1.54, 1.807) is 0 Å². The molecule has 0 aliphatic rings. The molecule has 1 aromatic heterocycles. The molecule has 0 unspecified atom stereocenters. The molecule has 0 aliphatic heterocycles. The topological polar surface area (TPSA) is 118 Å². The quantitative estimate of drug-likeness (QED) is 0.679. The van der Waals surface area contributed by atoms with Crippen LogP contribution in [0.2, 0.25) is 5.02 Å². The Morgan fingerprint density at radius 3 is 2.82 bits per heavy atom. The van der Waals surface area contributed by atoms with E-state index in [-0.39, 0.29) is 28.6 Å². The zero-order valence-corrected chi connectivity index (χ0v) is 13.5. The number of hydrogen-bond acceptors (Lipinski definition) is 7. The first-order valence-corrected chi connectivity index (χ1v) is 8.18. The molecule has 1 heterocycles. The monoisotopic (exact) mass is 358 g/mol. The van der Waals surface area contributed by atoms with Crippen LogP contribution in [0.15, 0.2) is 22.5 Å². The first-order chi connectivity index (χ1) is 10.5. The molecule has 1 aromatic carbocycles. The van der Waals surface area contributed by atoms with Crippen LogP contribution in [0.3, 0.4) is 0 Å². The number of benzene rings is 1. The summed E-state index contributed by atoms with van der Waals surface area (Å²) in [5.41, 5.74) is 5.79. The van der Waals surface area contributed by atoms with Gasteiger partial charge in [0.2, 0.25) is 11.0 Å². The van der Waals surface area contributed by atoms with Gasteiger partial charge in [0.15, 0.2) is 4.34 Å². The molecule has 0 aliphatic carbocycles. The first kappa shape index (κ1) is 16.5. The van der Waals surface area contributed by atoms with Crippen LogP contribution in [0.4, 0.5) is 10.8 Å². The third-order valence-corrected chi connectivity index (χ3v) is 4.68. The number of carboxylic acid groups (broad SMARTS) is 1. The minimum Gasteiger partial charge on any atom is -0.478 e. The summed E-state index contributed by atoms with van der Waals surface area (Å²) in [5.74, 6) is -0.859. The molecule has 2 rings (SSSR count). The molecule has 22 heavy (non-hydrogen) atoms. The molecule has 1 amide bonds. The molecular weight excluding hydrogens is 348 g/mol. The van der Waals surface area contributed by atoms with Crippen LogP contribution in [0.1, 0.15) is 16.8 Å². The molecule has 10 heteroatoms. The van der Waals surface area contributed by atoms with Gasteiger partial charge in [0.1, 0.15) is 0 Å². The van der Waals surface area contributed by atoms with E-state index in [9.17, 15) is 9.59 Å². The maximum absolute atomic E-state index is 11.9. The number of carbonyl (C=O) groups is 2. The van der Waals surface area contributed by atoms with Crippen molar-refractivity contribution >= 4 is 57.4 Å². The number of anilines is 2. The SMILES string of the molecule is Nc1nnc(SCCC(=O)Nc2cc(C(=O)O)ccc2Cl)s1. The summed E-state index contributed by atoms with van der Waals surface area (Å²) in [6, 6.07) is 4.12. The average molecular weight is 359 g/mol. The predicted octanol–water partition coefficient (Wildman–Crippen LogP) is 2.59. The maximum Gasteiger partial charge on any atom is 0.335 e. The number of carboxylic acids is 1. The van der Waals surface area contributed by atoms with E-state index < -0.39 is 5.97 Å². The fourth-order valence-electron chi connectivity index (χ4n) is 1.48. The van der Waals surface area contributed by atoms with Gasteiger partial charge in [-0.2, -0.15) is 0 Å². The standard InChI is InChI=1S/C12H11ClN4O3S2/c13-7-2-1-6(10(19)20)5-8(7)15-9(18)3-4-21-12-17-16-11(14)22-12/h1-2,5H,3-4H2,(H2,14,16)(H,15,18)(H,19,20). The fourth-order valence-corrected chi connectivity index (χ4v) is 3.29. The van der Waals surface area contributed by atoms with E-state index in [4.69, 9.17) is 22.4 Å². The number of halogens is 1. The Morgan fingerprint density at radius 1 is 1.41 bits per heavy atom. The van der Waals surface area contributed by atoms with Crippen LogP contribution in [-0.4, -0.2) is 32.9 Å². The first-order valence-electron chi connectivity index (χ1n) is 6.00. The van der Waals surface area contributed by atoms with Gasteiger partial charge in [0.05, 0.1) is 16.3 Å². The third-order valence-electron chi connectivity index (χ3n) is 2.46. The van der Waals surface area contributed by atoms with Gasteiger partial charge in [-0.1, -0.05) is 34.7 Å². The summed E-state index contributed by atoms with van der Waals surface area (Å²) in [6.07, 6.45) is 0.220. The van der Waals surface area contributed by atoms with E-state index in [0.29, 0.717) is 15.2 Å². The molecule has 0 fully saturated rings. The van der Waals surface area contributed by atoms with Gasteiger partial charge < -0.3 is 16.2 Å². The van der Waals surface area contributed by atoms with Gasteiger partial charge in [-0.05, 0) is 18.2 Å². The normalized spacial score (nSPS) is 10.4. The lowest BCUT2D eigenvalue weighted by molar-refractivity contribution is -0.115. The number of nitrogen functional groups attached to an aromatic ring is 1. The Kier molecular flexibility index (Phi) is 5.58. The number of nitrogens with two attached hydrogens (primary N) is 1. The Balaban J connectivity index is 1.89. The minimum absolute atomic E-state index is 0.0541. The van der Waals surface area contributed by atoms with Gasteiger partial charge in [-0.15, -0.1) is 10.2 Å². The number of carbonyl (C=O) groups excluding carboxylic acids is 1. The van der Waals surface area contributed by atoms with Gasteiger partial charge in [-0.3, -0.25) is 4.79 Å². The second-order valence-electron chi connectivity index (χ2n) is 4.05. The molecular formula is C12H11ClN4O3S2. The molecule has 0 saturated heterocycles. The van der Waals surface area contributed by atoms with Crippen molar-refractivity contribution in [1.82, 2.24) is 10.2 Å². The number of nitrogens with zero attached hydrogens (tertiary/aromatic N) is 2. The summed E-state index contributed by atoms with van der Waals surface area (Å²) in [6.45, 7) is 0. The fraction of sp³-hybridized carbons (Fsp3) is 0.167. The van der Waals surface area contributed by atoms with E-state index in [0.717, 1.165) is 0 Å². The van der Waals surface area contributed by atoms with Crippen molar-refractivity contribution in [3.05, 3.63) is 28.8 Å². The van der Waals surface area contributed by atoms with Crippen molar-refractivity contribution in [2.45, 2.75) is 10.8 Å². The van der Waals surface area contributed by atoms with E-state index >= 15 is 0 Å². The molecule has 0 saturated carbocycles. The highest BCUT2D eigenvalue weighted by Crippen LogP contribution is 2.25. The minimum atomic E-state index is -1.09. The smallest absolute Gasteiger partial charge is 0.335 e. The van der Waals surface area contributed by atoms with Gasteiger partial charge >= 0.3 is 5.97 Å². The highest BCUT2D eigenvalue weighted by molar-refractivity contribution is 8.01. The molecule has 7 nitrogen and oxygen atoms in total. The van der Waals surface area contributed by atoms with E-state index in [2.05, 4.69) is 15.5 Å². The van der Waals surface area contributed by atoms with Gasteiger partial charge in [0.25, 0.3) is 0 Å². The summed E-state index contributed by atoms with van der Waals surface area (Å²) >= 11 is 8.56. The summed E-state index contributed by atoms with van der Waals surface area (Å²) in [7, 11) is 0. The van der Waals surface area contributed by atoms with Crippen LogP contribution in [0, 0.1) is 0 Å². The zero-order valence-electron chi connectivity index (χ0n) is 11.1. The largest absolute Gasteiger partial charge is 0.478 e. The number of aromatic nitrogens is 2. The van der Waals surface area contributed by atoms with Gasteiger partial charge in [-0.25, -0.2) is 4.79 Å². The van der Waals surface area contributed by atoms with Crippen molar-refractivity contribution in [3.63, 3.8) is 0 Å². The number of rotatable bonds is 6. The van der Waals surface area contributed by atoms with E-state index in [1.165, 1.54) is 41.3 Å². The van der Waals surface area contributed by atoms with E-state index in [1.807, 2.05) is 0 Å². The highest BCUT2D eigenvalue weighted by atomic mass is 35.5. The Labute approximate surface area is 138 Å². The van der Waals surface area contributed by atoms with Crippen LogP contribution >= 0.6 is 34.7 Å². The molecule has 4 N–H and O–H groups in total. The highest BCUT2D eigenvalue weighted by Gasteiger charge is 2.11. The number of hydrogen-bond donors (Lipinski definition) is 3. The predicted molar refractivity (Wildman–Crippen MR) is 86.7 cm³/mol. The Hall–Kier alpha value is -1.84. The maximum atomic E-state index is 11.9. The van der Waals surface area contributed by atoms with Crippen molar-refractivity contribution < 1.29 is 14.7 Å². The number of amides is 1. The average Bonchev–Trinajstić information content (AvgIpc) is 2.86. The summed E-state index contributed by atoms with van der Waals surface area (Å²) in [5, 5.41) is 19.7. The molecule has 0 radical (unpaired) electrons. The molecule has 0 spiro atoms.